The summed E-state index contributed by atoms with van der Waals surface area (Å²) in [7, 11) is 0. The molecule has 1 fully saturated rings. The maximum Gasteiger partial charge on any atom is 0.153 e. The number of carbonyl (C=O) groups excluding carboxylic acids is 1. The van der Waals surface area contributed by atoms with Gasteiger partial charge in [0.05, 0.1) is 12.6 Å². The summed E-state index contributed by atoms with van der Waals surface area (Å²) in [5, 5.41) is 9.59. The van der Waals surface area contributed by atoms with Crippen LogP contribution < -0.4 is 5.32 Å². The summed E-state index contributed by atoms with van der Waals surface area (Å²) in [5.41, 5.74) is 0.777. The van der Waals surface area contributed by atoms with Crippen LogP contribution in [0.15, 0.2) is 12.3 Å². The highest BCUT2D eigenvalue weighted by atomic mass is 16.5. The van der Waals surface area contributed by atoms with Crippen molar-refractivity contribution >= 4 is 6.29 Å². The van der Waals surface area contributed by atoms with E-state index in [0.29, 0.717) is 6.61 Å². The molecule has 2 unspecified atom stereocenters. The van der Waals surface area contributed by atoms with E-state index < -0.39 is 0 Å². The zero-order valence-corrected chi connectivity index (χ0v) is 6.36. The van der Waals surface area contributed by atoms with Gasteiger partial charge in [-0.3, -0.25) is 10.4 Å². The summed E-state index contributed by atoms with van der Waals surface area (Å²) < 4.78 is 5.28. The van der Waals surface area contributed by atoms with Gasteiger partial charge in [0.1, 0.15) is 12.0 Å². The fourth-order valence-electron chi connectivity index (χ4n) is 1.16. The maximum absolute atomic E-state index is 10.4. The molecule has 1 saturated heterocycles. The molecule has 0 aromatic carbocycles. The fourth-order valence-corrected chi connectivity index (χ4v) is 1.16. The third kappa shape index (κ3) is 1.24. The number of aromatic amines is 1. The van der Waals surface area contributed by atoms with Gasteiger partial charge in [0, 0.05) is 6.20 Å². The molecule has 5 nitrogen and oxygen atoms in total. The van der Waals surface area contributed by atoms with Crippen LogP contribution in [0.1, 0.15) is 11.9 Å². The van der Waals surface area contributed by atoms with Crippen LogP contribution in [0.25, 0.3) is 0 Å². The van der Waals surface area contributed by atoms with Gasteiger partial charge in [-0.1, -0.05) is 0 Å². The first kappa shape index (κ1) is 7.45. The molecule has 5 heteroatoms. The average Bonchev–Trinajstić information content (AvgIpc) is 2.75. The summed E-state index contributed by atoms with van der Waals surface area (Å²) in [6.07, 6.45) is 2.31. The van der Waals surface area contributed by atoms with Crippen molar-refractivity contribution in [1.82, 2.24) is 15.5 Å². The minimum atomic E-state index is -0.244. The van der Waals surface area contributed by atoms with Crippen molar-refractivity contribution in [1.29, 1.82) is 0 Å². The number of rotatable bonds is 2. The van der Waals surface area contributed by atoms with Crippen LogP contribution in [-0.4, -0.2) is 29.1 Å². The lowest BCUT2D eigenvalue weighted by Crippen LogP contribution is -2.27. The van der Waals surface area contributed by atoms with E-state index in [1.807, 2.05) is 6.07 Å². The average molecular weight is 167 g/mol. The number of H-pyrrole nitrogens is 1. The van der Waals surface area contributed by atoms with Crippen LogP contribution in [0.4, 0.5) is 0 Å². The van der Waals surface area contributed by atoms with Crippen molar-refractivity contribution in [2.75, 3.05) is 6.61 Å². The molecule has 0 saturated carbocycles. The van der Waals surface area contributed by atoms with Gasteiger partial charge in [0.15, 0.2) is 6.23 Å². The van der Waals surface area contributed by atoms with Gasteiger partial charge in [-0.2, -0.15) is 5.10 Å². The minimum Gasteiger partial charge on any atom is -0.355 e. The van der Waals surface area contributed by atoms with Gasteiger partial charge in [-0.25, -0.2) is 0 Å². The van der Waals surface area contributed by atoms with E-state index in [1.54, 1.807) is 6.20 Å². The first-order valence-electron chi connectivity index (χ1n) is 3.73. The van der Waals surface area contributed by atoms with Gasteiger partial charge >= 0.3 is 0 Å². The minimum absolute atomic E-state index is 0.202. The standard InChI is InChI=1S/C7H9N3O2/c11-3-5-4-12-7(9-5)6-1-2-8-10-6/h1-3,5,7,9H,4H2,(H,8,10). The van der Waals surface area contributed by atoms with Crippen LogP contribution in [0, 0.1) is 0 Å². The zero-order chi connectivity index (χ0) is 8.39. The number of aromatic nitrogens is 2. The fraction of sp³-hybridized carbons (Fsp3) is 0.429. The Morgan fingerprint density at radius 2 is 2.67 bits per heavy atom. The normalized spacial score (nSPS) is 29.0. The Kier molecular flexibility index (Phi) is 1.89. The van der Waals surface area contributed by atoms with E-state index in [2.05, 4.69) is 15.5 Å². The topological polar surface area (TPSA) is 67.0 Å². The summed E-state index contributed by atoms with van der Waals surface area (Å²) in [6, 6.07) is 1.61. The highest BCUT2D eigenvalue weighted by molar-refractivity contribution is 5.58. The van der Waals surface area contributed by atoms with Crippen LogP contribution in [0.2, 0.25) is 0 Å². The van der Waals surface area contributed by atoms with Crippen LogP contribution in [0.3, 0.4) is 0 Å². The Bertz CT molecular complexity index is 260. The molecule has 0 aliphatic carbocycles. The second kappa shape index (κ2) is 3.04. The number of nitrogens with zero attached hydrogens (tertiary/aromatic N) is 1. The van der Waals surface area contributed by atoms with Crippen molar-refractivity contribution in [2.45, 2.75) is 12.3 Å². The predicted octanol–water partition coefficient (Wildman–Crippen LogP) is -0.404. The Balaban J connectivity index is 2.04. The van der Waals surface area contributed by atoms with Gasteiger partial charge in [0.25, 0.3) is 0 Å². The van der Waals surface area contributed by atoms with Gasteiger partial charge in [-0.15, -0.1) is 0 Å². The maximum atomic E-state index is 10.4. The molecule has 2 N–H and O–H groups in total. The molecule has 0 bridgehead atoms. The predicted molar refractivity (Wildman–Crippen MR) is 40.3 cm³/mol. The summed E-state index contributed by atoms with van der Waals surface area (Å²) >= 11 is 0. The highest BCUT2D eigenvalue weighted by Crippen LogP contribution is 2.16. The van der Waals surface area contributed by atoms with E-state index in [-0.39, 0.29) is 12.3 Å². The van der Waals surface area contributed by atoms with Crippen molar-refractivity contribution in [3.8, 4) is 0 Å². The number of nitrogens with one attached hydrogen (secondary N) is 2. The number of ether oxygens (including phenoxy) is 1. The Hall–Kier alpha value is -1.20. The first-order chi connectivity index (χ1) is 5.90. The van der Waals surface area contributed by atoms with E-state index in [0.717, 1.165) is 12.0 Å². The molecular formula is C7H9N3O2. The Morgan fingerprint density at radius 1 is 1.75 bits per heavy atom. The van der Waals surface area contributed by atoms with E-state index >= 15 is 0 Å². The molecule has 2 heterocycles. The van der Waals surface area contributed by atoms with Crippen LogP contribution in [0.5, 0.6) is 0 Å². The third-order valence-electron chi connectivity index (χ3n) is 1.76. The lowest BCUT2D eigenvalue weighted by molar-refractivity contribution is -0.109. The molecule has 12 heavy (non-hydrogen) atoms. The number of hydrogen-bond donors (Lipinski definition) is 2. The monoisotopic (exact) mass is 167 g/mol. The molecule has 64 valence electrons. The molecule has 0 radical (unpaired) electrons. The van der Waals surface area contributed by atoms with Crippen LogP contribution in [-0.2, 0) is 9.53 Å². The molecule has 1 aromatic rings. The molecule has 0 amide bonds. The van der Waals surface area contributed by atoms with Crippen molar-refractivity contribution in [3.05, 3.63) is 18.0 Å². The molecule has 2 rings (SSSR count). The second-order valence-electron chi connectivity index (χ2n) is 2.62. The van der Waals surface area contributed by atoms with E-state index in [9.17, 15) is 4.79 Å². The lowest BCUT2D eigenvalue weighted by Gasteiger charge is -2.04. The van der Waals surface area contributed by atoms with Gasteiger partial charge in [-0.05, 0) is 6.07 Å². The molecule has 1 aromatic heterocycles. The summed E-state index contributed by atoms with van der Waals surface area (Å²) in [6.45, 7) is 0.418. The molecular weight excluding hydrogens is 158 g/mol. The van der Waals surface area contributed by atoms with E-state index in [4.69, 9.17) is 4.74 Å². The molecule has 2 atom stereocenters. The smallest absolute Gasteiger partial charge is 0.153 e. The number of carbonyl (C=O) groups is 1. The zero-order valence-electron chi connectivity index (χ0n) is 6.36. The quantitative estimate of drug-likeness (QED) is 0.588. The Labute approximate surface area is 69.1 Å². The van der Waals surface area contributed by atoms with Crippen molar-refractivity contribution in [3.63, 3.8) is 0 Å². The molecule has 1 aliphatic rings. The summed E-state index contributed by atoms with van der Waals surface area (Å²) in [5.74, 6) is 0. The van der Waals surface area contributed by atoms with Crippen LogP contribution >= 0.6 is 0 Å². The second-order valence-corrected chi connectivity index (χ2v) is 2.62. The van der Waals surface area contributed by atoms with Gasteiger partial charge < -0.3 is 9.53 Å². The lowest BCUT2D eigenvalue weighted by atomic mass is 10.3. The number of aldehydes is 1. The van der Waals surface area contributed by atoms with Crippen molar-refractivity contribution in [2.24, 2.45) is 0 Å². The first-order valence-corrected chi connectivity index (χ1v) is 3.73. The summed E-state index contributed by atoms with van der Waals surface area (Å²) in [4.78, 5) is 10.4. The van der Waals surface area contributed by atoms with E-state index in [1.165, 1.54) is 0 Å². The SMILES string of the molecule is O=CC1COC(c2cc[nH]n2)N1. The molecule has 0 spiro atoms. The largest absolute Gasteiger partial charge is 0.355 e. The van der Waals surface area contributed by atoms with Gasteiger partial charge in [0.2, 0.25) is 0 Å². The molecule has 1 aliphatic heterocycles. The van der Waals surface area contributed by atoms with Crippen molar-refractivity contribution < 1.29 is 9.53 Å². The third-order valence-corrected chi connectivity index (χ3v) is 1.76. The highest BCUT2D eigenvalue weighted by Gasteiger charge is 2.26. The number of hydrogen-bond acceptors (Lipinski definition) is 4. The Morgan fingerprint density at radius 3 is 3.25 bits per heavy atom.